The minimum Gasteiger partial charge on any atom is -0.481 e. The minimum absolute atomic E-state index is 0.111. The largest absolute Gasteiger partial charge is 0.481 e. The Hall–Kier alpha value is -0.610. The van der Waals surface area contributed by atoms with Crippen molar-refractivity contribution in [3.05, 3.63) is 0 Å². The van der Waals surface area contributed by atoms with Crippen molar-refractivity contribution in [2.24, 2.45) is 0 Å². The molecule has 0 saturated heterocycles. The number of nitrogens with two attached hydrogens (primary N) is 1. The molecule has 0 aromatic carbocycles. The quantitative estimate of drug-likeness (QED) is 0.381. The number of hydrogen-bond acceptors (Lipinski definition) is 2. The van der Waals surface area contributed by atoms with Gasteiger partial charge in [0.2, 0.25) is 0 Å². The maximum Gasteiger partial charge on any atom is 0.309 e. The van der Waals surface area contributed by atoms with Gasteiger partial charge in [0.1, 0.15) is 0 Å². The summed E-state index contributed by atoms with van der Waals surface area (Å²) in [5.74, 6) is -0.788. The van der Waals surface area contributed by atoms with E-state index in [9.17, 15) is 4.79 Å². The van der Waals surface area contributed by atoms with Gasteiger partial charge in [0.25, 0.3) is 0 Å². The van der Waals surface area contributed by atoms with Gasteiger partial charge in [-0.25, -0.2) is 0 Å². The first-order valence-corrected chi connectivity index (χ1v) is 2.91. The Bertz CT molecular complexity index is 84.3. The van der Waals surface area contributed by atoms with Crippen LogP contribution in [0.5, 0.6) is 0 Å². The van der Waals surface area contributed by atoms with E-state index in [4.69, 9.17) is 10.2 Å². The van der Waals surface area contributed by atoms with E-state index in [-0.39, 0.29) is 13.0 Å². The molecule has 54 valence electrons. The summed E-state index contributed by atoms with van der Waals surface area (Å²) in [6, 6.07) is 0. The van der Waals surface area contributed by atoms with Crippen molar-refractivity contribution in [2.75, 3.05) is 19.7 Å². The maximum atomic E-state index is 9.88. The Morgan fingerprint density at radius 1 is 1.44 bits per heavy atom. The highest BCUT2D eigenvalue weighted by atomic mass is 16.4. The van der Waals surface area contributed by atoms with Crippen LogP contribution in [0.4, 0.5) is 0 Å². The molecule has 0 aliphatic carbocycles. The van der Waals surface area contributed by atoms with Crippen LogP contribution in [0, 0.1) is 0 Å². The number of aliphatic carboxylic acids is 1. The second-order valence-corrected chi connectivity index (χ2v) is 1.73. The third-order valence-electron chi connectivity index (χ3n) is 0.896. The summed E-state index contributed by atoms with van der Waals surface area (Å²) in [7, 11) is 0. The lowest BCUT2D eigenvalue weighted by Gasteiger charge is -1.93. The Morgan fingerprint density at radius 2 is 2.11 bits per heavy atom. The van der Waals surface area contributed by atoms with E-state index < -0.39 is 5.97 Å². The van der Waals surface area contributed by atoms with E-state index in [1.165, 1.54) is 0 Å². The van der Waals surface area contributed by atoms with Crippen LogP contribution < -0.4 is 5.32 Å². The fourth-order valence-electron chi connectivity index (χ4n) is 0.461. The molecule has 0 unspecified atom stereocenters. The summed E-state index contributed by atoms with van der Waals surface area (Å²) >= 11 is 0. The summed E-state index contributed by atoms with van der Waals surface area (Å²) in [5, 5.41) is 18.2. The number of hydrogen-bond donors (Lipinski definition) is 3. The van der Waals surface area contributed by atoms with Crippen LogP contribution in [-0.2, 0) is 4.79 Å². The van der Waals surface area contributed by atoms with Crippen molar-refractivity contribution in [1.82, 2.24) is 0 Å². The van der Waals surface area contributed by atoms with Gasteiger partial charge in [-0.2, -0.15) is 0 Å². The topological polar surface area (TPSA) is 74.1 Å². The summed E-state index contributed by atoms with van der Waals surface area (Å²) in [6.07, 6.45) is 0.167. The average Bonchev–Trinajstić information content (AvgIpc) is 1.80. The lowest BCUT2D eigenvalue weighted by Crippen LogP contribution is -2.85. The van der Waals surface area contributed by atoms with Gasteiger partial charge in [-0.15, -0.1) is 0 Å². The van der Waals surface area contributed by atoms with Crippen LogP contribution in [-0.4, -0.2) is 35.9 Å². The van der Waals surface area contributed by atoms with Gasteiger partial charge in [0, 0.05) is 0 Å². The fraction of sp³-hybridized carbons (Fsp3) is 0.800. The molecule has 0 aliphatic heterocycles. The van der Waals surface area contributed by atoms with E-state index in [2.05, 4.69) is 0 Å². The number of aliphatic hydroxyl groups excluding tert-OH is 1. The molecule has 0 bridgehead atoms. The third kappa shape index (κ3) is 7.39. The molecule has 0 amide bonds. The molecule has 4 nitrogen and oxygen atoms in total. The maximum absolute atomic E-state index is 9.88. The lowest BCUT2D eigenvalue weighted by atomic mass is 10.4. The van der Waals surface area contributed by atoms with Gasteiger partial charge in [0.15, 0.2) is 0 Å². The van der Waals surface area contributed by atoms with Gasteiger partial charge in [-0.1, -0.05) is 0 Å². The second-order valence-electron chi connectivity index (χ2n) is 1.73. The molecular formula is C5H12NO3+. The third-order valence-corrected chi connectivity index (χ3v) is 0.896. The lowest BCUT2D eigenvalue weighted by molar-refractivity contribution is -0.655. The monoisotopic (exact) mass is 134 g/mol. The van der Waals surface area contributed by atoms with E-state index in [0.29, 0.717) is 13.1 Å². The average molecular weight is 134 g/mol. The molecule has 0 rings (SSSR count). The standard InChI is InChI=1S/C5H11NO3/c7-4-3-6-2-1-5(8)9/h6-7H,1-4H2,(H,8,9)/p+1. The Balaban J connectivity index is 2.83. The minimum atomic E-state index is -0.788. The smallest absolute Gasteiger partial charge is 0.309 e. The molecule has 9 heavy (non-hydrogen) atoms. The van der Waals surface area contributed by atoms with Crippen LogP contribution in [0.15, 0.2) is 0 Å². The number of carboxylic acids is 1. The highest BCUT2D eigenvalue weighted by Crippen LogP contribution is 1.67. The number of quaternary nitrogens is 1. The Morgan fingerprint density at radius 3 is 2.56 bits per heavy atom. The van der Waals surface area contributed by atoms with Gasteiger partial charge in [-0.3, -0.25) is 4.79 Å². The first-order chi connectivity index (χ1) is 4.27. The highest BCUT2D eigenvalue weighted by molar-refractivity contribution is 5.66. The summed E-state index contributed by atoms with van der Waals surface area (Å²) in [6.45, 7) is 1.25. The van der Waals surface area contributed by atoms with Gasteiger partial charge >= 0.3 is 5.97 Å². The van der Waals surface area contributed by atoms with Crippen LogP contribution in [0.25, 0.3) is 0 Å². The molecule has 0 aliphatic rings. The first-order valence-electron chi connectivity index (χ1n) is 2.91. The Labute approximate surface area is 53.5 Å². The summed E-state index contributed by atoms with van der Waals surface area (Å²) < 4.78 is 0. The predicted octanol–water partition coefficient (Wildman–Crippen LogP) is -1.98. The fourth-order valence-corrected chi connectivity index (χ4v) is 0.461. The molecule has 0 aromatic rings. The SMILES string of the molecule is O=C(O)CC[NH2+]CCO. The summed E-state index contributed by atoms with van der Waals surface area (Å²) in [5.41, 5.74) is 0. The van der Waals surface area contributed by atoms with Crippen LogP contribution in [0.1, 0.15) is 6.42 Å². The van der Waals surface area contributed by atoms with Gasteiger partial charge in [0.05, 0.1) is 26.1 Å². The zero-order chi connectivity index (χ0) is 7.11. The van der Waals surface area contributed by atoms with Crippen LogP contribution in [0.3, 0.4) is 0 Å². The first kappa shape index (κ1) is 8.39. The predicted molar refractivity (Wildman–Crippen MR) is 31.0 cm³/mol. The molecule has 0 saturated carbocycles. The van der Waals surface area contributed by atoms with Crippen LogP contribution >= 0.6 is 0 Å². The van der Waals surface area contributed by atoms with Crippen LogP contribution in [0.2, 0.25) is 0 Å². The normalized spacial score (nSPS) is 9.44. The van der Waals surface area contributed by atoms with E-state index in [1.54, 1.807) is 5.32 Å². The number of aliphatic hydroxyl groups is 1. The molecule has 0 heterocycles. The van der Waals surface area contributed by atoms with Crippen molar-refractivity contribution in [3.63, 3.8) is 0 Å². The number of rotatable bonds is 5. The molecule has 4 heteroatoms. The molecule has 0 aromatic heterocycles. The second kappa shape index (κ2) is 5.53. The van der Waals surface area contributed by atoms with Gasteiger partial charge in [-0.05, 0) is 0 Å². The zero-order valence-electron chi connectivity index (χ0n) is 5.21. The molecule has 4 N–H and O–H groups in total. The van der Waals surface area contributed by atoms with E-state index >= 15 is 0 Å². The van der Waals surface area contributed by atoms with Crippen molar-refractivity contribution in [1.29, 1.82) is 0 Å². The Kier molecular flexibility index (Phi) is 5.15. The zero-order valence-corrected chi connectivity index (χ0v) is 5.21. The molecule has 0 fully saturated rings. The molecule has 0 atom stereocenters. The van der Waals surface area contributed by atoms with Crippen molar-refractivity contribution in [3.8, 4) is 0 Å². The van der Waals surface area contributed by atoms with Crippen molar-refractivity contribution in [2.45, 2.75) is 6.42 Å². The molecular weight excluding hydrogens is 122 g/mol. The number of carbonyl (C=O) groups is 1. The van der Waals surface area contributed by atoms with Gasteiger partial charge < -0.3 is 15.5 Å². The highest BCUT2D eigenvalue weighted by Gasteiger charge is 1.95. The number of carboxylic acid groups (broad SMARTS) is 1. The van der Waals surface area contributed by atoms with E-state index in [0.717, 1.165) is 0 Å². The molecule has 0 spiro atoms. The van der Waals surface area contributed by atoms with Crippen molar-refractivity contribution >= 4 is 5.97 Å². The summed E-state index contributed by atoms with van der Waals surface area (Å²) in [4.78, 5) is 9.88. The van der Waals surface area contributed by atoms with Crippen molar-refractivity contribution < 1.29 is 20.3 Å². The molecule has 0 radical (unpaired) electrons. The van der Waals surface area contributed by atoms with E-state index in [1.807, 2.05) is 0 Å².